The molecule has 0 amide bonds. The standard InChI is InChI=1S/C19H30N2/c1-4-5-6-7-11-14-19-20(17(2)3)15-16-21(19)18-12-9-8-10-13-18/h8-10,12-13,15-17,19H,4-7,11,14H2,1-3H3. The van der Waals surface area contributed by atoms with Crippen LogP contribution in [0.1, 0.15) is 59.3 Å². The van der Waals surface area contributed by atoms with Crippen molar-refractivity contribution >= 4 is 5.69 Å². The van der Waals surface area contributed by atoms with Gasteiger partial charge in [-0.1, -0.05) is 50.8 Å². The highest BCUT2D eigenvalue weighted by atomic mass is 15.4. The van der Waals surface area contributed by atoms with Gasteiger partial charge in [0, 0.05) is 24.1 Å². The first-order valence-electron chi connectivity index (χ1n) is 8.53. The normalized spacial score (nSPS) is 18.0. The molecule has 1 heterocycles. The summed E-state index contributed by atoms with van der Waals surface area (Å²) in [6.07, 6.45) is 13.0. The van der Waals surface area contributed by atoms with Gasteiger partial charge in [0.25, 0.3) is 0 Å². The van der Waals surface area contributed by atoms with Crippen molar-refractivity contribution in [2.24, 2.45) is 0 Å². The molecular weight excluding hydrogens is 256 g/mol. The van der Waals surface area contributed by atoms with Gasteiger partial charge in [-0.15, -0.1) is 0 Å². The van der Waals surface area contributed by atoms with Crippen molar-refractivity contribution in [3.05, 3.63) is 42.7 Å². The Balaban J connectivity index is 1.97. The van der Waals surface area contributed by atoms with E-state index in [1.54, 1.807) is 0 Å². The number of hydrogen-bond acceptors (Lipinski definition) is 2. The van der Waals surface area contributed by atoms with E-state index in [0.29, 0.717) is 12.2 Å². The van der Waals surface area contributed by atoms with Gasteiger partial charge in [0.05, 0.1) is 0 Å². The fourth-order valence-electron chi connectivity index (χ4n) is 3.08. The number of unbranched alkanes of at least 4 members (excludes halogenated alkanes) is 4. The summed E-state index contributed by atoms with van der Waals surface area (Å²) in [4.78, 5) is 4.92. The van der Waals surface area contributed by atoms with Crippen LogP contribution in [-0.2, 0) is 0 Å². The summed E-state index contributed by atoms with van der Waals surface area (Å²) >= 11 is 0. The third kappa shape index (κ3) is 4.26. The molecular formula is C19H30N2. The average molecular weight is 286 g/mol. The lowest BCUT2D eigenvalue weighted by Gasteiger charge is -2.35. The van der Waals surface area contributed by atoms with E-state index in [0.717, 1.165) is 0 Å². The molecule has 0 saturated heterocycles. The molecule has 116 valence electrons. The van der Waals surface area contributed by atoms with Crippen LogP contribution in [-0.4, -0.2) is 17.1 Å². The first-order chi connectivity index (χ1) is 10.2. The van der Waals surface area contributed by atoms with Crippen molar-refractivity contribution in [3.63, 3.8) is 0 Å². The molecule has 1 atom stereocenters. The summed E-state index contributed by atoms with van der Waals surface area (Å²) in [6.45, 7) is 6.84. The lowest BCUT2D eigenvalue weighted by Crippen LogP contribution is -2.42. The zero-order valence-electron chi connectivity index (χ0n) is 13.8. The molecule has 21 heavy (non-hydrogen) atoms. The Morgan fingerprint density at radius 1 is 0.952 bits per heavy atom. The molecule has 1 aliphatic rings. The minimum Gasteiger partial charge on any atom is -0.353 e. The molecule has 0 radical (unpaired) electrons. The van der Waals surface area contributed by atoms with Gasteiger partial charge in [-0.25, -0.2) is 0 Å². The fraction of sp³-hybridized carbons (Fsp3) is 0.579. The SMILES string of the molecule is CCCCCCCC1N(c2ccccc2)C=CN1C(C)C. The Labute approximate surface area is 130 Å². The summed E-state index contributed by atoms with van der Waals surface area (Å²) in [5.74, 6) is 0. The second-order valence-corrected chi connectivity index (χ2v) is 6.27. The molecule has 0 bridgehead atoms. The summed E-state index contributed by atoms with van der Waals surface area (Å²) in [7, 11) is 0. The summed E-state index contributed by atoms with van der Waals surface area (Å²) < 4.78 is 0. The van der Waals surface area contributed by atoms with Crippen molar-refractivity contribution in [1.29, 1.82) is 0 Å². The first-order valence-corrected chi connectivity index (χ1v) is 8.53. The Bertz CT molecular complexity index is 424. The molecule has 1 aromatic carbocycles. The Kier molecular flexibility index (Phi) is 6.16. The summed E-state index contributed by atoms with van der Waals surface area (Å²) in [5.41, 5.74) is 1.30. The third-order valence-electron chi connectivity index (χ3n) is 4.28. The average Bonchev–Trinajstić information content (AvgIpc) is 2.92. The van der Waals surface area contributed by atoms with Gasteiger partial charge in [-0.05, 0) is 38.8 Å². The topological polar surface area (TPSA) is 6.48 Å². The number of benzene rings is 1. The molecule has 0 spiro atoms. The number of anilines is 1. The van der Waals surface area contributed by atoms with Crippen LogP contribution in [0.25, 0.3) is 0 Å². The quantitative estimate of drug-likeness (QED) is 0.592. The van der Waals surface area contributed by atoms with Crippen LogP contribution in [0.15, 0.2) is 42.7 Å². The number of rotatable bonds is 8. The second-order valence-electron chi connectivity index (χ2n) is 6.27. The van der Waals surface area contributed by atoms with Crippen LogP contribution in [0, 0.1) is 0 Å². The zero-order valence-corrected chi connectivity index (χ0v) is 13.8. The third-order valence-corrected chi connectivity index (χ3v) is 4.28. The summed E-state index contributed by atoms with van der Waals surface area (Å²) in [5, 5.41) is 0. The van der Waals surface area contributed by atoms with Crippen LogP contribution in [0.2, 0.25) is 0 Å². The van der Waals surface area contributed by atoms with Crippen LogP contribution >= 0.6 is 0 Å². The highest BCUT2D eigenvalue weighted by Gasteiger charge is 2.28. The van der Waals surface area contributed by atoms with Crippen LogP contribution in [0.5, 0.6) is 0 Å². The van der Waals surface area contributed by atoms with Gasteiger partial charge >= 0.3 is 0 Å². The van der Waals surface area contributed by atoms with Gasteiger partial charge in [0.15, 0.2) is 0 Å². The molecule has 1 unspecified atom stereocenters. The predicted octanol–water partition coefficient (Wildman–Crippen LogP) is 5.37. The largest absolute Gasteiger partial charge is 0.353 e. The predicted molar refractivity (Wildman–Crippen MR) is 92.2 cm³/mol. The Morgan fingerprint density at radius 2 is 1.67 bits per heavy atom. The van der Waals surface area contributed by atoms with Crippen molar-refractivity contribution in [2.45, 2.75) is 71.5 Å². The maximum absolute atomic E-state index is 2.49. The van der Waals surface area contributed by atoms with E-state index in [1.165, 1.54) is 44.2 Å². The van der Waals surface area contributed by atoms with Gasteiger partial charge in [-0.2, -0.15) is 0 Å². The molecule has 2 heteroatoms. The van der Waals surface area contributed by atoms with Gasteiger partial charge in [-0.3, -0.25) is 0 Å². The molecule has 2 nitrogen and oxygen atoms in total. The highest BCUT2D eigenvalue weighted by Crippen LogP contribution is 2.29. The fourth-order valence-corrected chi connectivity index (χ4v) is 3.08. The molecule has 0 aliphatic carbocycles. The lowest BCUT2D eigenvalue weighted by molar-refractivity contribution is 0.233. The van der Waals surface area contributed by atoms with Crippen molar-refractivity contribution in [1.82, 2.24) is 4.90 Å². The van der Waals surface area contributed by atoms with E-state index >= 15 is 0 Å². The minimum atomic E-state index is 0.481. The van der Waals surface area contributed by atoms with Crippen LogP contribution in [0.3, 0.4) is 0 Å². The number of hydrogen-bond donors (Lipinski definition) is 0. The van der Waals surface area contributed by atoms with Crippen molar-refractivity contribution < 1.29 is 0 Å². The maximum atomic E-state index is 2.49. The van der Waals surface area contributed by atoms with E-state index in [1.807, 2.05) is 0 Å². The van der Waals surface area contributed by atoms with Gasteiger partial charge in [0.1, 0.15) is 6.17 Å². The van der Waals surface area contributed by atoms with Gasteiger partial charge in [0.2, 0.25) is 0 Å². The molecule has 0 aromatic heterocycles. The molecule has 1 aliphatic heterocycles. The van der Waals surface area contributed by atoms with E-state index in [-0.39, 0.29) is 0 Å². The molecule has 2 rings (SSSR count). The Hall–Kier alpha value is -1.44. The molecule has 0 saturated carbocycles. The molecule has 0 fully saturated rings. The Morgan fingerprint density at radius 3 is 2.33 bits per heavy atom. The smallest absolute Gasteiger partial charge is 0.106 e. The van der Waals surface area contributed by atoms with E-state index in [9.17, 15) is 0 Å². The van der Waals surface area contributed by atoms with E-state index in [4.69, 9.17) is 0 Å². The molecule has 0 N–H and O–H groups in total. The zero-order chi connectivity index (χ0) is 15.1. The second kappa shape index (κ2) is 8.11. The summed E-state index contributed by atoms with van der Waals surface area (Å²) in [6, 6.07) is 11.3. The molecule has 1 aromatic rings. The van der Waals surface area contributed by atoms with Crippen molar-refractivity contribution in [2.75, 3.05) is 4.90 Å². The lowest BCUT2D eigenvalue weighted by atomic mass is 10.1. The van der Waals surface area contributed by atoms with E-state index in [2.05, 4.69) is 73.3 Å². The number of para-hydroxylation sites is 1. The van der Waals surface area contributed by atoms with E-state index < -0.39 is 0 Å². The number of nitrogens with zero attached hydrogens (tertiary/aromatic N) is 2. The van der Waals surface area contributed by atoms with Crippen LogP contribution in [0.4, 0.5) is 5.69 Å². The van der Waals surface area contributed by atoms with Crippen LogP contribution < -0.4 is 4.90 Å². The minimum absolute atomic E-state index is 0.481. The van der Waals surface area contributed by atoms with Crippen molar-refractivity contribution in [3.8, 4) is 0 Å². The first kappa shape index (κ1) is 15.9. The van der Waals surface area contributed by atoms with Gasteiger partial charge < -0.3 is 9.80 Å². The monoisotopic (exact) mass is 286 g/mol. The highest BCUT2D eigenvalue weighted by molar-refractivity contribution is 5.51. The maximum Gasteiger partial charge on any atom is 0.106 e.